The van der Waals surface area contributed by atoms with Gasteiger partial charge in [0.1, 0.15) is 17.2 Å². The standard InChI is InChI=1S/C35H29NO2.C34H27NO2.C30H27NO2/c1-25(2)35(37)38-34-23-15-30(16-24-34)29-13-21-33(22-14-29)36(31-17-9-26(3)10-18-31)32-19-11-28(12-20-32)27-7-5-4-6-8-27;1-3-34(36)37-33-23-15-29(16-24-33)28-13-21-32(22-14-28)35(30-17-9-25(2)10-18-30)31-19-11-27(12-20-31)26-7-5-4-6-8-26;1-21(2)30(32)33-29-7-5-6-25(20-29)24-12-18-28(19-13-24)31(26-14-8-22(3)9-15-26)27-16-10-23(4)11-17-27/h4-24H,1H2,2-3H3;3-24H,1H2,2H3;5-20H,1H2,2-4H3. The Labute approximate surface area is 634 Å². The van der Waals surface area contributed by atoms with Gasteiger partial charge in [-0.2, -0.15) is 0 Å². The molecule has 0 saturated carbocycles. The topological polar surface area (TPSA) is 88.6 Å². The predicted molar refractivity (Wildman–Crippen MR) is 446 cm³/mol. The predicted octanol–water partition coefficient (Wildman–Crippen LogP) is 26.1. The Morgan fingerprint density at radius 3 is 0.722 bits per heavy atom. The number of hydrogen-bond donors (Lipinski definition) is 0. The van der Waals surface area contributed by atoms with Crippen LogP contribution in [0, 0.1) is 27.7 Å². The van der Waals surface area contributed by atoms with Crippen LogP contribution in [-0.2, 0) is 14.4 Å². The van der Waals surface area contributed by atoms with Crippen LogP contribution in [0.5, 0.6) is 17.2 Å². The molecular weight excluding hydrogens is 1330 g/mol. The summed E-state index contributed by atoms with van der Waals surface area (Å²) in [7, 11) is 0. The first-order chi connectivity index (χ1) is 52.5. The van der Waals surface area contributed by atoms with E-state index in [0.29, 0.717) is 28.4 Å². The Hall–Kier alpha value is -13.9. The van der Waals surface area contributed by atoms with Gasteiger partial charge in [-0.05, 0) is 243 Å². The number of esters is 3. The maximum Gasteiger partial charge on any atom is 0.338 e. The van der Waals surface area contributed by atoms with Crippen LogP contribution in [0.25, 0.3) is 55.6 Å². The number of benzene rings is 14. The summed E-state index contributed by atoms with van der Waals surface area (Å²) >= 11 is 0. The van der Waals surface area contributed by atoms with E-state index in [9.17, 15) is 14.4 Å². The zero-order chi connectivity index (χ0) is 75.5. The van der Waals surface area contributed by atoms with E-state index in [-0.39, 0.29) is 0 Å². The fourth-order valence-electron chi connectivity index (χ4n) is 12.1. The highest BCUT2D eigenvalue weighted by molar-refractivity contribution is 5.90. The highest BCUT2D eigenvalue weighted by Crippen LogP contribution is 2.41. The molecule has 9 heteroatoms. The third-order valence-corrected chi connectivity index (χ3v) is 18.1. The fourth-order valence-corrected chi connectivity index (χ4v) is 12.1. The first-order valence-corrected chi connectivity index (χ1v) is 35.7. The molecule has 9 nitrogen and oxygen atoms in total. The lowest BCUT2D eigenvalue weighted by Crippen LogP contribution is -2.09. The summed E-state index contributed by atoms with van der Waals surface area (Å²) in [6.45, 7) is 22.4. The van der Waals surface area contributed by atoms with Gasteiger partial charge in [-0.15, -0.1) is 0 Å². The van der Waals surface area contributed by atoms with Gasteiger partial charge in [-0.1, -0.05) is 248 Å². The van der Waals surface area contributed by atoms with Gasteiger partial charge >= 0.3 is 17.9 Å². The second-order valence-corrected chi connectivity index (χ2v) is 26.4. The number of hydrogen-bond acceptors (Lipinski definition) is 9. The molecule has 0 amide bonds. The molecule has 0 saturated heterocycles. The maximum absolute atomic E-state index is 11.9. The summed E-state index contributed by atoms with van der Waals surface area (Å²) in [5.74, 6) is 0.192. The molecule has 530 valence electrons. The molecule has 14 aromatic carbocycles. The van der Waals surface area contributed by atoms with Crippen molar-refractivity contribution in [1.82, 2.24) is 0 Å². The molecule has 14 aromatic rings. The van der Waals surface area contributed by atoms with E-state index in [1.165, 1.54) is 44.5 Å². The number of carbonyl (C=O) groups excluding carboxylic acids is 3. The zero-order valence-electron chi connectivity index (χ0n) is 61.5. The van der Waals surface area contributed by atoms with Gasteiger partial charge < -0.3 is 28.9 Å². The highest BCUT2D eigenvalue weighted by Gasteiger charge is 2.18. The first kappa shape index (κ1) is 73.8. The van der Waals surface area contributed by atoms with E-state index in [4.69, 9.17) is 14.2 Å². The van der Waals surface area contributed by atoms with Crippen molar-refractivity contribution in [2.45, 2.75) is 41.5 Å². The van der Waals surface area contributed by atoms with E-state index < -0.39 is 17.9 Å². The van der Waals surface area contributed by atoms with E-state index in [0.717, 1.165) is 90.6 Å². The van der Waals surface area contributed by atoms with Crippen molar-refractivity contribution in [1.29, 1.82) is 0 Å². The molecule has 0 spiro atoms. The van der Waals surface area contributed by atoms with Gasteiger partial charge in [0.15, 0.2) is 0 Å². The molecule has 0 aliphatic rings. The third-order valence-electron chi connectivity index (χ3n) is 18.1. The van der Waals surface area contributed by atoms with E-state index in [1.807, 2.05) is 54.6 Å². The largest absolute Gasteiger partial charge is 0.423 e. The summed E-state index contributed by atoms with van der Waals surface area (Å²) in [5.41, 5.74) is 26.4. The maximum atomic E-state index is 11.9. The van der Waals surface area contributed by atoms with E-state index in [1.54, 1.807) is 44.2 Å². The first-order valence-electron chi connectivity index (χ1n) is 35.7. The van der Waals surface area contributed by atoms with Gasteiger partial charge in [0, 0.05) is 68.4 Å². The van der Waals surface area contributed by atoms with Crippen LogP contribution in [0.4, 0.5) is 51.2 Å². The minimum Gasteiger partial charge on any atom is -0.423 e. The molecule has 108 heavy (non-hydrogen) atoms. The van der Waals surface area contributed by atoms with Crippen LogP contribution < -0.4 is 28.9 Å². The molecule has 0 atom stereocenters. The van der Waals surface area contributed by atoms with Crippen molar-refractivity contribution >= 4 is 69.1 Å². The van der Waals surface area contributed by atoms with Crippen LogP contribution in [-0.4, -0.2) is 17.9 Å². The number of rotatable bonds is 20. The molecule has 0 fully saturated rings. The van der Waals surface area contributed by atoms with Gasteiger partial charge in [-0.25, -0.2) is 14.4 Å². The Balaban J connectivity index is 0.000000152. The lowest BCUT2D eigenvalue weighted by molar-refractivity contribution is -0.130. The Bertz CT molecular complexity index is 5330. The lowest BCUT2D eigenvalue weighted by Gasteiger charge is -2.26. The van der Waals surface area contributed by atoms with E-state index in [2.05, 4.69) is 329 Å². The molecule has 0 heterocycles. The number of anilines is 9. The quantitative estimate of drug-likeness (QED) is 0.0420. The molecule has 0 radical (unpaired) electrons. The SMILES string of the molecule is C=C(C)C(=O)Oc1ccc(-c2ccc(N(c3ccc(C)cc3)c3ccc(-c4ccccc4)cc3)cc2)cc1.C=C(C)C(=O)Oc1cccc(-c2ccc(N(c3ccc(C)cc3)c3ccc(C)cc3)cc2)c1.C=CC(=O)Oc1ccc(-c2ccc(N(c3ccc(C)cc3)c3ccc(-c4ccccc4)cc3)cc2)cc1. The second-order valence-electron chi connectivity index (χ2n) is 26.4. The Morgan fingerprint density at radius 2 is 0.463 bits per heavy atom. The summed E-state index contributed by atoms with van der Waals surface area (Å²) < 4.78 is 15.9. The molecule has 14 rings (SSSR count). The van der Waals surface area contributed by atoms with Crippen molar-refractivity contribution in [3.8, 4) is 72.9 Å². The average molecular weight is 1410 g/mol. The number of aryl methyl sites for hydroxylation is 4. The fraction of sp³-hybridized carbons (Fsp3) is 0.0606. The molecule has 0 N–H and O–H groups in total. The zero-order valence-corrected chi connectivity index (χ0v) is 61.5. The molecule has 0 aliphatic carbocycles. The lowest BCUT2D eigenvalue weighted by atomic mass is 10.0. The van der Waals surface area contributed by atoms with Crippen molar-refractivity contribution in [3.63, 3.8) is 0 Å². The third kappa shape index (κ3) is 19.1. The average Bonchev–Trinajstić information content (AvgIpc) is 0.828. The van der Waals surface area contributed by atoms with Gasteiger partial charge in [0.25, 0.3) is 0 Å². The van der Waals surface area contributed by atoms with Gasteiger partial charge in [0.2, 0.25) is 0 Å². The second kappa shape index (κ2) is 35.1. The summed E-state index contributed by atoms with van der Waals surface area (Å²) in [6, 6.07) is 120. The molecule has 0 aromatic heterocycles. The van der Waals surface area contributed by atoms with Crippen molar-refractivity contribution in [3.05, 3.63) is 411 Å². The number of ether oxygens (including phenoxy) is 3. The normalized spacial score (nSPS) is 10.5. The van der Waals surface area contributed by atoms with Crippen LogP contribution >= 0.6 is 0 Å². The molecular formula is C99H83N3O6. The van der Waals surface area contributed by atoms with Crippen LogP contribution in [0.3, 0.4) is 0 Å². The van der Waals surface area contributed by atoms with Crippen molar-refractivity contribution in [2.75, 3.05) is 14.7 Å². The van der Waals surface area contributed by atoms with Crippen LogP contribution in [0.15, 0.2) is 389 Å². The molecule has 0 unspecified atom stereocenters. The monoisotopic (exact) mass is 1410 g/mol. The molecule has 0 aliphatic heterocycles. The summed E-state index contributed by atoms with van der Waals surface area (Å²) in [6.07, 6.45) is 1.15. The number of nitrogens with zero attached hydrogens (tertiary/aromatic N) is 3. The van der Waals surface area contributed by atoms with Crippen molar-refractivity contribution in [2.24, 2.45) is 0 Å². The summed E-state index contributed by atoms with van der Waals surface area (Å²) in [5, 5.41) is 0. The Morgan fingerprint density at radius 1 is 0.250 bits per heavy atom. The van der Waals surface area contributed by atoms with Crippen molar-refractivity contribution < 1.29 is 28.6 Å². The summed E-state index contributed by atoms with van der Waals surface area (Å²) in [4.78, 5) is 41.9. The Kier molecular flexibility index (Phi) is 24.0. The highest BCUT2D eigenvalue weighted by atomic mass is 16.5. The van der Waals surface area contributed by atoms with Gasteiger partial charge in [0.05, 0.1) is 0 Å². The van der Waals surface area contributed by atoms with Crippen LogP contribution in [0.2, 0.25) is 0 Å². The number of carbonyl (C=O) groups is 3. The molecule has 0 bridgehead atoms. The minimum absolute atomic E-state index is 0.372. The smallest absolute Gasteiger partial charge is 0.338 e. The van der Waals surface area contributed by atoms with Gasteiger partial charge in [-0.3, -0.25) is 0 Å². The van der Waals surface area contributed by atoms with Crippen LogP contribution in [0.1, 0.15) is 36.1 Å². The van der Waals surface area contributed by atoms with E-state index >= 15 is 0 Å². The minimum atomic E-state index is -0.467.